The van der Waals surface area contributed by atoms with Gasteiger partial charge in [-0.1, -0.05) is 18.2 Å². The molecule has 19 heavy (non-hydrogen) atoms. The van der Waals surface area contributed by atoms with Crippen molar-refractivity contribution in [1.29, 1.82) is 0 Å². The van der Waals surface area contributed by atoms with Gasteiger partial charge in [0.25, 0.3) is 0 Å². The van der Waals surface area contributed by atoms with Crippen LogP contribution in [0.5, 0.6) is 0 Å². The summed E-state index contributed by atoms with van der Waals surface area (Å²) in [7, 11) is 0. The summed E-state index contributed by atoms with van der Waals surface area (Å²) in [5.74, 6) is 0. The van der Waals surface area contributed by atoms with Crippen molar-refractivity contribution in [2.75, 3.05) is 0 Å². The van der Waals surface area contributed by atoms with E-state index in [0.717, 1.165) is 5.71 Å². The molecule has 102 valence electrons. The van der Waals surface area contributed by atoms with Crippen molar-refractivity contribution in [2.45, 2.75) is 48.5 Å². The Labute approximate surface area is 117 Å². The lowest BCUT2D eigenvalue weighted by Crippen LogP contribution is -1.96. The Balaban J connectivity index is 3.45. The lowest BCUT2D eigenvalue weighted by atomic mass is 9.98. The third kappa shape index (κ3) is 3.92. The number of nitrogens with zero attached hydrogens (tertiary/aromatic N) is 1. The number of hydrogen-bond acceptors (Lipinski definition) is 1. The van der Waals surface area contributed by atoms with Crippen molar-refractivity contribution in [3.05, 3.63) is 57.9 Å². The SMILES string of the molecule is CC1=CN=C(C)C(C)=C(C)\C=C/C=C(C)/C(C)=C\1C. The molecule has 0 N–H and O–H groups in total. The molecule has 1 nitrogen and oxygen atoms in total. The minimum Gasteiger partial charge on any atom is -0.261 e. The monoisotopic (exact) mass is 255 g/mol. The average Bonchev–Trinajstić information content (AvgIpc) is 2.40. The Morgan fingerprint density at radius 3 is 1.95 bits per heavy atom. The molecule has 0 bridgehead atoms. The zero-order chi connectivity index (χ0) is 14.6. The summed E-state index contributed by atoms with van der Waals surface area (Å²) in [5, 5.41) is 0. The first-order valence-corrected chi connectivity index (χ1v) is 6.76. The first kappa shape index (κ1) is 15.4. The van der Waals surface area contributed by atoms with Crippen molar-refractivity contribution >= 4 is 5.71 Å². The van der Waals surface area contributed by atoms with Gasteiger partial charge in [0.1, 0.15) is 0 Å². The van der Waals surface area contributed by atoms with Crippen LogP contribution < -0.4 is 0 Å². The van der Waals surface area contributed by atoms with Gasteiger partial charge in [0, 0.05) is 11.9 Å². The highest BCUT2D eigenvalue weighted by Crippen LogP contribution is 2.21. The second kappa shape index (κ2) is 6.51. The average molecular weight is 255 g/mol. The summed E-state index contributed by atoms with van der Waals surface area (Å²) >= 11 is 0. The molecule has 0 aromatic rings. The fraction of sp³-hybridized carbons (Fsp3) is 0.389. The number of aliphatic imine (C=N–C) groups is 1. The lowest BCUT2D eigenvalue weighted by molar-refractivity contribution is 1.20. The molecule has 1 heterocycles. The maximum atomic E-state index is 4.59. The highest BCUT2D eigenvalue weighted by molar-refractivity contribution is 5.99. The molecule has 1 aliphatic heterocycles. The highest BCUT2D eigenvalue weighted by atomic mass is 14.7. The standard InChI is InChI=1S/C18H25N/c1-12-9-8-10-13(2)17(6)18(7)19-11-14(3)16(5)15(12)4/h8-11H,1-7H3/b9-8?,10-8-,12-9+,13-10?,14-11?,15-12?,16-14?,16-15-,17-13?,18-17?,19-11?,19-18?. The molecular weight excluding hydrogens is 230 g/mol. The molecule has 0 saturated heterocycles. The van der Waals surface area contributed by atoms with E-state index in [9.17, 15) is 0 Å². The molecule has 1 heteroatoms. The quantitative estimate of drug-likeness (QED) is 0.539. The number of allylic oxidation sites excluding steroid dienone is 9. The van der Waals surface area contributed by atoms with Crippen LogP contribution in [0.15, 0.2) is 62.9 Å². The van der Waals surface area contributed by atoms with Crippen molar-refractivity contribution < 1.29 is 0 Å². The molecule has 1 rings (SSSR count). The lowest BCUT2D eigenvalue weighted by Gasteiger charge is -2.10. The van der Waals surface area contributed by atoms with Crippen molar-refractivity contribution in [3.8, 4) is 0 Å². The molecule has 0 amide bonds. The molecule has 0 saturated carbocycles. The van der Waals surface area contributed by atoms with Gasteiger partial charge in [-0.05, 0) is 81.9 Å². The molecule has 0 unspecified atom stereocenters. The summed E-state index contributed by atoms with van der Waals surface area (Å²) in [6.07, 6.45) is 8.43. The van der Waals surface area contributed by atoms with Crippen LogP contribution in [-0.2, 0) is 0 Å². The van der Waals surface area contributed by atoms with Gasteiger partial charge in [-0.15, -0.1) is 0 Å². The largest absolute Gasteiger partial charge is 0.261 e. The Kier molecular flexibility index (Phi) is 5.29. The minimum absolute atomic E-state index is 1.08. The predicted octanol–water partition coefficient (Wildman–Crippen LogP) is 5.54. The Morgan fingerprint density at radius 1 is 0.737 bits per heavy atom. The van der Waals surface area contributed by atoms with Crippen LogP contribution >= 0.6 is 0 Å². The van der Waals surface area contributed by atoms with Crippen molar-refractivity contribution in [3.63, 3.8) is 0 Å². The summed E-state index contributed by atoms with van der Waals surface area (Å²) in [6, 6.07) is 0. The van der Waals surface area contributed by atoms with E-state index in [1.165, 1.54) is 33.4 Å². The van der Waals surface area contributed by atoms with E-state index in [4.69, 9.17) is 0 Å². The number of hydrogen-bond donors (Lipinski definition) is 0. The zero-order valence-corrected chi connectivity index (χ0v) is 13.3. The van der Waals surface area contributed by atoms with Crippen LogP contribution in [0.2, 0.25) is 0 Å². The van der Waals surface area contributed by atoms with E-state index in [1.54, 1.807) is 0 Å². The summed E-state index contributed by atoms with van der Waals surface area (Å²) in [5.41, 5.74) is 8.73. The van der Waals surface area contributed by atoms with E-state index in [1.807, 2.05) is 6.20 Å². The van der Waals surface area contributed by atoms with Gasteiger partial charge < -0.3 is 0 Å². The van der Waals surface area contributed by atoms with Crippen LogP contribution in [0, 0.1) is 0 Å². The zero-order valence-electron chi connectivity index (χ0n) is 13.3. The fourth-order valence-electron chi connectivity index (χ4n) is 1.85. The van der Waals surface area contributed by atoms with Gasteiger partial charge in [0.2, 0.25) is 0 Å². The van der Waals surface area contributed by atoms with Crippen LogP contribution in [0.25, 0.3) is 0 Å². The highest BCUT2D eigenvalue weighted by Gasteiger charge is 2.03. The minimum atomic E-state index is 1.08. The molecule has 0 atom stereocenters. The first-order chi connectivity index (χ1) is 8.84. The van der Waals surface area contributed by atoms with Gasteiger partial charge in [0.15, 0.2) is 0 Å². The van der Waals surface area contributed by atoms with Crippen LogP contribution in [0.1, 0.15) is 48.5 Å². The smallest absolute Gasteiger partial charge is 0.0404 e. The summed E-state index contributed by atoms with van der Waals surface area (Å²) in [4.78, 5) is 4.59. The first-order valence-electron chi connectivity index (χ1n) is 6.76. The molecule has 0 fully saturated rings. The molecule has 0 aliphatic carbocycles. The van der Waals surface area contributed by atoms with E-state index in [0.29, 0.717) is 0 Å². The topological polar surface area (TPSA) is 12.4 Å². The van der Waals surface area contributed by atoms with E-state index in [2.05, 4.69) is 71.7 Å². The maximum Gasteiger partial charge on any atom is 0.0404 e. The van der Waals surface area contributed by atoms with E-state index >= 15 is 0 Å². The van der Waals surface area contributed by atoms with Crippen molar-refractivity contribution in [2.24, 2.45) is 4.99 Å². The van der Waals surface area contributed by atoms with Crippen molar-refractivity contribution in [1.82, 2.24) is 0 Å². The normalized spacial score (nSPS) is 26.8. The van der Waals surface area contributed by atoms with E-state index < -0.39 is 0 Å². The Hall–Kier alpha value is -1.63. The maximum absolute atomic E-state index is 4.59. The van der Waals surface area contributed by atoms with Gasteiger partial charge in [0.05, 0.1) is 0 Å². The molecule has 0 aromatic heterocycles. The van der Waals surface area contributed by atoms with E-state index in [-0.39, 0.29) is 0 Å². The van der Waals surface area contributed by atoms with Crippen LogP contribution in [0.4, 0.5) is 0 Å². The molecule has 1 aliphatic rings. The second-order valence-corrected chi connectivity index (χ2v) is 5.29. The van der Waals surface area contributed by atoms with Gasteiger partial charge >= 0.3 is 0 Å². The van der Waals surface area contributed by atoms with Gasteiger partial charge in [-0.25, -0.2) is 0 Å². The second-order valence-electron chi connectivity index (χ2n) is 5.29. The summed E-state index contributed by atoms with van der Waals surface area (Å²) in [6.45, 7) is 14.9. The van der Waals surface area contributed by atoms with Gasteiger partial charge in [-0.2, -0.15) is 0 Å². The summed E-state index contributed by atoms with van der Waals surface area (Å²) < 4.78 is 0. The number of rotatable bonds is 0. The molecule has 0 aromatic carbocycles. The van der Waals surface area contributed by atoms with Crippen LogP contribution in [0.3, 0.4) is 0 Å². The Bertz CT molecular complexity index is 546. The fourth-order valence-corrected chi connectivity index (χ4v) is 1.85. The van der Waals surface area contributed by atoms with Gasteiger partial charge in [-0.3, -0.25) is 4.99 Å². The molecule has 0 spiro atoms. The third-order valence-corrected chi connectivity index (χ3v) is 4.02. The molecule has 0 radical (unpaired) electrons. The van der Waals surface area contributed by atoms with Crippen LogP contribution in [-0.4, -0.2) is 5.71 Å². The Morgan fingerprint density at radius 2 is 1.32 bits per heavy atom. The predicted molar refractivity (Wildman–Crippen MR) is 86.5 cm³/mol. The third-order valence-electron chi connectivity index (χ3n) is 4.02. The molecular formula is C18H25N.